The van der Waals surface area contributed by atoms with E-state index in [1.54, 1.807) is 18.5 Å². The topological polar surface area (TPSA) is 54.1 Å². The summed E-state index contributed by atoms with van der Waals surface area (Å²) >= 11 is 0. The molecule has 0 radical (unpaired) electrons. The van der Waals surface area contributed by atoms with E-state index < -0.39 is 0 Å². The summed E-state index contributed by atoms with van der Waals surface area (Å²) in [5.41, 5.74) is 0.710. The van der Waals surface area contributed by atoms with Gasteiger partial charge in [-0.1, -0.05) is 18.2 Å². The lowest BCUT2D eigenvalue weighted by Gasteiger charge is -2.28. The molecule has 1 amide bonds. The lowest BCUT2D eigenvalue weighted by Crippen LogP contribution is -2.31. The fourth-order valence-electron chi connectivity index (χ4n) is 3.39. The first kappa shape index (κ1) is 16.6. The van der Waals surface area contributed by atoms with Crippen molar-refractivity contribution in [2.45, 2.75) is 32.1 Å². The van der Waals surface area contributed by atoms with Crippen LogP contribution in [0, 0.1) is 11.8 Å². The Bertz CT molecular complexity index is 602. The first-order chi connectivity index (χ1) is 11.8. The number of hydrogen-bond acceptors (Lipinski definition) is 2. The first-order valence-electron chi connectivity index (χ1n) is 8.90. The minimum atomic E-state index is 0.0228. The van der Waals surface area contributed by atoms with Gasteiger partial charge in [-0.2, -0.15) is 0 Å². The fourth-order valence-corrected chi connectivity index (χ4v) is 3.39. The number of amides is 1. The monoisotopic (exact) mass is 326 g/mol. The van der Waals surface area contributed by atoms with Crippen molar-refractivity contribution in [3.05, 3.63) is 54.4 Å². The van der Waals surface area contributed by atoms with Gasteiger partial charge in [-0.15, -0.1) is 0 Å². The average Bonchev–Trinajstić information content (AvgIpc) is 3.16. The second-order valence-corrected chi connectivity index (χ2v) is 6.65. The third-order valence-electron chi connectivity index (χ3n) is 4.92. The molecule has 0 aliphatic heterocycles. The van der Waals surface area contributed by atoms with Crippen LogP contribution in [0.4, 0.5) is 0 Å². The van der Waals surface area contributed by atoms with E-state index in [1.165, 1.54) is 25.7 Å². The summed E-state index contributed by atoms with van der Waals surface area (Å²) in [6, 6.07) is 11.8. The summed E-state index contributed by atoms with van der Waals surface area (Å²) in [5, 5.41) is 3.05. The predicted octanol–water partition coefficient (Wildman–Crippen LogP) is 4.02. The number of hydrogen-bond donors (Lipinski definition) is 2. The van der Waals surface area contributed by atoms with Gasteiger partial charge in [0, 0.05) is 18.9 Å². The highest BCUT2D eigenvalue weighted by Gasteiger charge is 2.21. The summed E-state index contributed by atoms with van der Waals surface area (Å²) in [4.78, 5) is 14.9. The van der Waals surface area contributed by atoms with E-state index in [2.05, 4.69) is 10.3 Å². The van der Waals surface area contributed by atoms with Crippen LogP contribution in [-0.4, -0.2) is 24.0 Å². The maximum Gasteiger partial charge on any atom is 0.252 e. The number of aromatic amines is 1. The van der Waals surface area contributed by atoms with E-state index in [1.807, 2.05) is 30.3 Å². The normalized spacial score (nSPS) is 20.5. The van der Waals surface area contributed by atoms with Crippen LogP contribution in [0.5, 0.6) is 5.75 Å². The molecule has 4 nitrogen and oxygen atoms in total. The van der Waals surface area contributed by atoms with Gasteiger partial charge in [-0.25, -0.2) is 0 Å². The number of benzene rings is 1. The molecule has 1 heterocycles. The minimum absolute atomic E-state index is 0.0228. The Balaban J connectivity index is 1.30. The number of carbonyl (C=O) groups excluding carboxylic acids is 1. The van der Waals surface area contributed by atoms with E-state index in [0.29, 0.717) is 11.5 Å². The molecule has 24 heavy (non-hydrogen) atoms. The van der Waals surface area contributed by atoms with Gasteiger partial charge in [0.25, 0.3) is 5.91 Å². The molecule has 0 saturated heterocycles. The molecule has 128 valence electrons. The SMILES string of the molecule is O=C(NC[C@H]1CC[C@@H](CCOc2ccccc2)CC1)c1cc[nH]c1. The summed E-state index contributed by atoms with van der Waals surface area (Å²) in [6.45, 7) is 1.58. The predicted molar refractivity (Wildman–Crippen MR) is 95.1 cm³/mol. The zero-order chi connectivity index (χ0) is 16.6. The summed E-state index contributed by atoms with van der Waals surface area (Å²) < 4.78 is 5.80. The van der Waals surface area contributed by atoms with E-state index in [9.17, 15) is 4.79 Å². The van der Waals surface area contributed by atoms with Crippen LogP contribution >= 0.6 is 0 Å². The number of ether oxygens (including phenoxy) is 1. The fraction of sp³-hybridized carbons (Fsp3) is 0.450. The molecule has 1 aromatic carbocycles. The van der Waals surface area contributed by atoms with Crippen LogP contribution in [-0.2, 0) is 0 Å². The summed E-state index contributed by atoms with van der Waals surface area (Å²) in [6.07, 6.45) is 9.51. The average molecular weight is 326 g/mol. The molecule has 0 bridgehead atoms. The molecule has 1 aliphatic carbocycles. The van der Waals surface area contributed by atoms with Gasteiger partial charge < -0.3 is 15.0 Å². The van der Waals surface area contributed by atoms with E-state index in [0.717, 1.165) is 31.2 Å². The highest BCUT2D eigenvalue weighted by molar-refractivity contribution is 5.93. The maximum absolute atomic E-state index is 11.9. The van der Waals surface area contributed by atoms with Crippen LogP contribution in [0.1, 0.15) is 42.5 Å². The Morgan fingerprint density at radius 1 is 1.08 bits per heavy atom. The van der Waals surface area contributed by atoms with Crippen molar-refractivity contribution < 1.29 is 9.53 Å². The zero-order valence-electron chi connectivity index (χ0n) is 14.0. The third kappa shape index (κ3) is 4.88. The summed E-state index contributed by atoms with van der Waals surface area (Å²) in [5.74, 6) is 2.35. The molecule has 4 heteroatoms. The van der Waals surface area contributed by atoms with Gasteiger partial charge in [0.05, 0.1) is 12.2 Å². The van der Waals surface area contributed by atoms with Crippen LogP contribution in [0.3, 0.4) is 0 Å². The molecule has 1 aliphatic rings. The standard InChI is InChI=1S/C20H26N2O2/c23-20(18-10-12-21-15-18)22-14-17-8-6-16(7-9-17)11-13-24-19-4-2-1-3-5-19/h1-5,10,12,15-17,21H,6-9,11,13-14H2,(H,22,23)/t16-,17+. The van der Waals surface area contributed by atoms with Gasteiger partial charge in [0.15, 0.2) is 0 Å². The minimum Gasteiger partial charge on any atom is -0.494 e. The van der Waals surface area contributed by atoms with Crippen LogP contribution < -0.4 is 10.1 Å². The lowest BCUT2D eigenvalue weighted by molar-refractivity contribution is 0.0940. The number of rotatable bonds is 7. The molecule has 1 aromatic heterocycles. The maximum atomic E-state index is 11.9. The van der Waals surface area contributed by atoms with Crippen molar-refractivity contribution in [1.82, 2.24) is 10.3 Å². The number of H-pyrrole nitrogens is 1. The van der Waals surface area contributed by atoms with E-state index in [4.69, 9.17) is 4.74 Å². The Hall–Kier alpha value is -2.23. The Morgan fingerprint density at radius 3 is 2.54 bits per heavy atom. The number of nitrogens with one attached hydrogen (secondary N) is 2. The van der Waals surface area contributed by atoms with Gasteiger partial charge in [-0.05, 0) is 62.1 Å². The van der Waals surface area contributed by atoms with Gasteiger partial charge in [0.1, 0.15) is 5.75 Å². The van der Waals surface area contributed by atoms with Crippen molar-refractivity contribution in [2.24, 2.45) is 11.8 Å². The van der Waals surface area contributed by atoms with Crippen molar-refractivity contribution in [3.63, 3.8) is 0 Å². The molecule has 1 saturated carbocycles. The van der Waals surface area contributed by atoms with Crippen molar-refractivity contribution in [1.29, 1.82) is 0 Å². The van der Waals surface area contributed by atoms with E-state index >= 15 is 0 Å². The van der Waals surface area contributed by atoms with Crippen molar-refractivity contribution >= 4 is 5.91 Å². The second-order valence-electron chi connectivity index (χ2n) is 6.65. The first-order valence-corrected chi connectivity index (χ1v) is 8.90. The molecule has 0 unspecified atom stereocenters. The van der Waals surface area contributed by atoms with Crippen LogP contribution in [0.25, 0.3) is 0 Å². The van der Waals surface area contributed by atoms with Crippen molar-refractivity contribution in [3.8, 4) is 5.75 Å². The number of carbonyl (C=O) groups is 1. The molecule has 2 aromatic rings. The lowest BCUT2D eigenvalue weighted by atomic mass is 9.80. The second kappa shape index (κ2) is 8.57. The highest BCUT2D eigenvalue weighted by atomic mass is 16.5. The Kier molecular flexibility index (Phi) is 5.94. The van der Waals surface area contributed by atoms with Crippen LogP contribution in [0.15, 0.2) is 48.8 Å². The van der Waals surface area contributed by atoms with Crippen LogP contribution in [0.2, 0.25) is 0 Å². The van der Waals surface area contributed by atoms with E-state index in [-0.39, 0.29) is 5.91 Å². The molecule has 0 atom stereocenters. The van der Waals surface area contributed by atoms with Crippen molar-refractivity contribution in [2.75, 3.05) is 13.2 Å². The largest absolute Gasteiger partial charge is 0.494 e. The molecular formula is C20H26N2O2. The summed E-state index contributed by atoms with van der Waals surface area (Å²) in [7, 11) is 0. The Morgan fingerprint density at radius 2 is 1.83 bits per heavy atom. The quantitative estimate of drug-likeness (QED) is 0.807. The Labute approximate surface area is 143 Å². The molecule has 0 spiro atoms. The van der Waals surface area contributed by atoms with Gasteiger partial charge in [0.2, 0.25) is 0 Å². The number of para-hydroxylation sites is 1. The molecule has 3 rings (SSSR count). The molecule has 2 N–H and O–H groups in total. The van der Waals surface area contributed by atoms with Gasteiger partial charge >= 0.3 is 0 Å². The van der Waals surface area contributed by atoms with Gasteiger partial charge in [-0.3, -0.25) is 4.79 Å². The number of aromatic nitrogens is 1. The third-order valence-corrected chi connectivity index (χ3v) is 4.92. The molecule has 1 fully saturated rings. The smallest absolute Gasteiger partial charge is 0.252 e. The molecular weight excluding hydrogens is 300 g/mol. The zero-order valence-corrected chi connectivity index (χ0v) is 14.0. The highest BCUT2D eigenvalue weighted by Crippen LogP contribution is 2.30.